The fourth-order valence-corrected chi connectivity index (χ4v) is 4.09. The third kappa shape index (κ3) is 5.25. The number of thioether (sulfide) groups is 1. The quantitative estimate of drug-likeness (QED) is 0.333. The Morgan fingerprint density at radius 3 is 2.65 bits per heavy atom. The topological polar surface area (TPSA) is 109 Å². The summed E-state index contributed by atoms with van der Waals surface area (Å²) < 4.78 is 7.53. The van der Waals surface area contributed by atoms with E-state index in [4.69, 9.17) is 16.3 Å². The molecule has 172 valence electrons. The average Bonchev–Trinajstić information content (AvgIpc) is 3.40. The first-order chi connectivity index (χ1) is 16.5. The molecule has 2 N–H and O–H groups in total. The summed E-state index contributed by atoms with van der Waals surface area (Å²) in [5, 5.41) is 20.6. The first kappa shape index (κ1) is 23.4. The van der Waals surface area contributed by atoms with E-state index in [1.165, 1.54) is 11.8 Å². The van der Waals surface area contributed by atoms with E-state index in [-0.39, 0.29) is 18.3 Å². The molecule has 1 amide bonds. The van der Waals surface area contributed by atoms with E-state index >= 15 is 0 Å². The van der Waals surface area contributed by atoms with Crippen LogP contribution in [0.25, 0.3) is 5.69 Å². The van der Waals surface area contributed by atoms with Crippen LogP contribution in [-0.4, -0.2) is 31.4 Å². The molecular formula is C24H21ClN6O2S. The highest BCUT2D eigenvalue weighted by Crippen LogP contribution is 2.30. The van der Waals surface area contributed by atoms with Gasteiger partial charge in [-0.1, -0.05) is 41.6 Å². The molecular weight excluding hydrogens is 472 g/mol. The number of hydrogen-bond acceptors (Lipinski definition) is 6. The maximum atomic E-state index is 12.7. The number of carbonyl (C=O) groups is 1. The number of anilines is 1. The normalized spacial score (nSPS) is 10.6. The number of para-hydroxylation sites is 1. The standard InChI is InChI=1S/C24H21ClN6O2S/c1-15-16(2)31(18-6-4-3-5-7-18)23(20(15)12-26)28-22(32)14-34-24-27-21(29-30-24)13-33-19-10-8-17(25)9-11-19/h3-11H,13-14H2,1-2H3,(H,28,32)(H,27,29,30). The van der Waals surface area contributed by atoms with E-state index in [2.05, 4.69) is 26.6 Å². The largest absolute Gasteiger partial charge is 0.486 e. The summed E-state index contributed by atoms with van der Waals surface area (Å²) in [6, 6.07) is 18.8. The lowest BCUT2D eigenvalue weighted by molar-refractivity contribution is -0.113. The Bertz CT molecular complexity index is 1340. The predicted molar refractivity (Wildman–Crippen MR) is 131 cm³/mol. The number of H-pyrrole nitrogens is 1. The molecule has 8 nitrogen and oxygen atoms in total. The maximum Gasteiger partial charge on any atom is 0.236 e. The molecule has 0 bridgehead atoms. The summed E-state index contributed by atoms with van der Waals surface area (Å²) in [6.45, 7) is 4.00. The molecule has 10 heteroatoms. The van der Waals surface area contributed by atoms with Gasteiger partial charge in [0, 0.05) is 16.4 Å². The average molecular weight is 493 g/mol. The van der Waals surface area contributed by atoms with Crippen molar-refractivity contribution in [3.8, 4) is 17.5 Å². The number of nitriles is 1. The van der Waals surface area contributed by atoms with Crippen molar-refractivity contribution in [2.24, 2.45) is 0 Å². The minimum atomic E-state index is -0.264. The molecule has 0 atom stereocenters. The number of benzene rings is 2. The monoisotopic (exact) mass is 492 g/mol. The summed E-state index contributed by atoms with van der Waals surface area (Å²) in [5.41, 5.74) is 3.03. The van der Waals surface area contributed by atoms with Gasteiger partial charge in [0.25, 0.3) is 0 Å². The molecule has 34 heavy (non-hydrogen) atoms. The molecule has 0 fully saturated rings. The Hall–Kier alpha value is -3.74. The predicted octanol–water partition coefficient (Wildman–Crippen LogP) is 5.05. The highest BCUT2D eigenvalue weighted by Gasteiger charge is 2.21. The van der Waals surface area contributed by atoms with Crippen LogP contribution in [-0.2, 0) is 11.4 Å². The Morgan fingerprint density at radius 1 is 1.21 bits per heavy atom. The molecule has 0 radical (unpaired) electrons. The number of hydrogen-bond donors (Lipinski definition) is 2. The van der Waals surface area contributed by atoms with Crippen LogP contribution in [0.15, 0.2) is 59.8 Å². The number of carbonyl (C=O) groups excluding carboxylic acids is 1. The van der Waals surface area contributed by atoms with E-state index in [1.807, 2.05) is 48.7 Å². The van der Waals surface area contributed by atoms with Gasteiger partial charge in [0.15, 0.2) is 5.82 Å². The molecule has 4 aromatic rings. The first-order valence-electron chi connectivity index (χ1n) is 10.4. The number of halogens is 1. The van der Waals surface area contributed by atoms with Gasteiger partial charge in [-0.25, -0.2) is 4.98 Å². The zero-order valence-corrected chi connectivity index (χ0v) is 20.1. The molecule has 0 saturated heterocycles. The van der Waals surface area contributed by atoms with E-state index in [0.29, 0.717) is 33.1 Å². The van der Waals surface area contributed by atoms with Crippen molar-refractivity contribution in [1.82, 2.24) is 19.7 Å². The van der Waals surface area contributed by atoms with Gasteiger partial charge in [0.05, 0.1) is 11.3 Å². The van der Waals surface area contributed by atoms with E-state index in [0.717, 1.165) is 16.9 Å². The molecule has 0 aliphatic carbocycles. The highest BCUT2D eigenvalue weighted by molar-refractivity contribution is 7.99. The van der Waals surface area contributed by atoms with Gasteiger partial charge >= 0.3 is 0 Å². The van der Waals surface area contributed by atoms with E-state index < -0.39 is 0 Å². The van der Waals surface area contributed by atoms with Crippen molar-refractivity contribution in [3.05, 3.63) is 82.3 Å². The lowest BCUT2D eigenvalue weighted by atomic mass is 10.2. The van der Waals surface area contributed by atoms with E-state index in [9.17, 15) is 10.1 Å². The lowest BCUT2D eigenvalue weighted by Crippen LogP contribution is -2.17. The second-order valence-corrected chi connectivity index (χ2v) is 8.74. The third-order valence-corrected chi connectivity index (χ3v) is 6.23. The zero-order valence-electron chi connectivity index (χ0n) is 18.5. The summed E-state index contributed by atoms with van der Waals surface area (Å²) in [5.74, 6) is 1.47. The van der Waals surface area contributed by atoms with Gasteiger partial charge in [0.1, 0.15) is 24.2 Å². The van der Waals surface area contributed by atoms with Crippen LogP contribution in [0.1, 0.15) is 22.6 Å². The number of nitrogens with one attached hydrogen (secondary N) is 2. The SMILES string of the molecule is Cc1c(C#N)c(NC(=O)CSc2n[nH]c(COc3ccc(Cl)cc3)n2)n(-c2ccccc2)c1C. The van der Waals surface area contributed by atoms with Crippen molar-refractivity contribution in [1.29, 1.82) is 5.26 Å². The zero-order chi connectivity index (χ0) is 24.1. The minimum Gasteiger partial charge on any atom is -0.486 e. The molecule has 0 unspecified atom stereocenters. The number of rotatable bonds is 8. The number of ether oxygens (including phenoxy) is 1. The molecule has 0 aliphatic rings. The molecule has 0 aliphatic heterocycles. The Morgan fingerprint density at radius 2 is 1.94 bits per heavy atom. The summed E-state index contributed by atoms with van der Waals surface area (Å²) >= 11 is 7.06. The van der Waals surface area contributed by atoms with Crippen molar-refractivity contribution in [2.45, 2.75) is 25.6 Å². The lowest BCUT2D eigenvalue weighted by Gasteiger charge is -2.13. The number of aromatic amines is 1. The molecule has 0 saturated carbocycles. The van der Waals surface area contributed by atoms with Gasteiger partial charge < -0.3 is 10.1 Å². The van der Waals surface area contributed by atoms with Crippen LogP contribution >= 0.6 is 23.4 Å². The Labute approximate surface area is 205 Å². The first-order valence-corrected chi connectivity index (χ1v) is 11.7. The second-order valence-electron chi connectivity index (χ2n) is 7.36. The fourth-order valence-electron chi connectivity index (χ4n) is 3.35. The summed E-state index contributed by atoms with van der Waals surface area (Å²) in [4.78, 5) is 17.1. The van der Waals surface area contributed by atoms with Crippen molar-refractivity contribution >= 4 is 35.1 Å². The Kier molecular flexibility index (Phi) is 7.21. The molecule has 2 heterocycles. The maximum absolute atomic E-state index is 12.7. The Balaban J connectivity index is 1.40. The van der Waals surface area contributed by atoms with Crippen LogP contribution in [0.5, 0.6) is 5.75 Å². The van der Waals surface area contributed by atoms with E-state index in [1.54, 1.807) is 24.3 Å². The van der Waals surface area contributed by atoms with Crippen molar-refractivity contribution < 1.29 is 9.53 Å². The molecule has 2 aromatic heterocycles. The molecule has 2 aromatic carbocycles. The van der Waals surface area contributed by atoms with Gasteiger partial charge in [-0.15, -0.1) is 5.10 Å². The highest BCUT2D eigenvalue weighted by atomic mass is 35.5. The van der Waals surface area contributed by atoms with Gasteiger partial charge in [0.2, 0.25) is 11.1 Å². The van der Waals surface area contributed by atoms with Crippen LogP contribution in [0.3, 0.4) is 0 Å². The number of amides is 1. The minimum absolute atomic E-state index is 0.0816. The fraction of sp³-hybridized carbons (Fsp3) is 0.167. The van der Waals surface area contributed by atoms with Crippen LogP contribution in [0.4, 0.5) is 5.82 Å². The third-order valence-electron chi connectivity index (χ3n) is 5.13. The molecule has 0 spiro atoms. The van der Waals surface area contributed by atoms with Crippen LogP contribution < -0.4 is 10.1 Å². The van der Waals surface area contributed by atoms with Crippen molar-refractivity contribution in [3.63, 3.8) is 0 Å². The van der Waals surface area contributed by atoms with Crippen molar-refractivity contribution in [2.75, 3.05) is 11.1 Å². The molecule has 4 rings (SSSR count). The number of nitrogens with zero attached hydrogens (tertiary/aromatic N) is 4. The van der Waals surface area contributed by atoms with Gasteiger partial charge in [-0.3, -0.25) is 14.5 Å². The smallest absolute Gasteiger partial charge is 0.236 e. The van der Waals surface area contributed by atoms with Crippen LogP contribution in [0, 0.1) is 25.2 Å². The summed E-state index contributed by atoms with van der Waals surface area (Å²) in [6.07, 6.45) is 0. The summed E-state index contributed by atoms with van der Waals surface area (Å²) in [7, 11) is 0. The van der Waals surface area contributed by atoms with Gasteiger partial charge in [-0.05, 0) is 55.8 Å². The number of aromatic nitrogens is 4. The van der Waals surface area contributed by atoms with Crippen LogP contribution in [0.2, 0.25) is 5.02 Å². The van der Waals surface area contributed by atoms with Gasteiger partial charge in [-0.2, -0.15) is 5.26 Å². The second kappa shape index (κ2) is 10.5.